The number of anilines is 1. The Bertz CT molecular complexity index is 726. The van der Waals surface area contributed by atoms with Gasteiger partial charge in [-0.05, 0) is 48.4 Å². The van der Waals surface area contributed by atoms with Crippen LogP contribution in [0.4, 0.5) is 5.69 Å². The molecule has 1 saturated carbocycles. The molecule has 0 aliphatic heterocycles. The van der Waals surface area contributed by atoms with E-state index in [0.717, 1.165) is 17.7 Å². The molecule has 1 atom stereocenters. The van der Waals surface area contributed by atoms with E-state index in [-0.39, 0.29) is 11.3 Å². The molecule has 3 rings (SSSR count). The number of carbonyl (C=O) groups is 1. The second-order valence-corrected chi connectivity index (χ2v) is 7.46. The predicted octanol–water partition coefficient (Wildman–Crippen LogP) is 4.78. The fourth-order valence-corrected chi connectivity index (χ4v) is 3.33. The maximum Gasteiger partial charge on any atom is 0.255 e. The molecule has 5 heteroatoms. The number of ether oxygens (including phenoxy) is 1. The maximum atomic E-state index is 12.2. The lowest BCUT2D eigenvalue weighted by molar-refractivity contribution is 0.102. The monoisotopic (exact) mass is 349 g/mol. The molecule has 0 radical (unpaired) electrons. The van der Waals surface area contributed by atoms with E-state index in [2.05, 4.69) is 5.32 Å². The third-order valence-electron chi connectivity index (χ3n) is 4.39. The Morgan fingerprint density at radius 1 is 1.09 bits per heavy atom. The standard InChI is InChI=1S/C18H17Cl2NO2/c1-17(11-18(17,19)20)13-5-7-14(8-6-13)21-16(22)12-3-9-15(23-2)10-4-12/h3-10H,11H2,1-2H3,(H,21,22). The van der Waals surface area contributed by atoms with Gasteiger partial charge in [-0.3, -0.25) is 4.79 Å². The average molecular weight is 350 g/mol. The molecule has 0 spiro atoms. The van der Waals surface area contributed by atoms with Crippen molar-refractivity contribution in [1.82, 2.24) is 0 Å². The summed E-state index contributed by atoms with van der Waals surface area (Å²) in [5.74, 6) is 0.552. The quantitative estimate of drug-likeness (QED) is 0.806. The number of alkyl halides is 2. The molecule has 1 unspecified atom stereocenters. The number of benzene rings is 2. The van der Waals surface area contributed by atoms with E-state index in [1.165, 1.54) is 0 Å². The molecule has 0 bridgehead atoms. The van der Waals surface area contributed by atoms with Gasteiger partial charge < -0.3 is 10.1 Å². The van der Waals surface area contributed by atoms with Gasteiger partial charge in [0.2, 0.25) is 0 Å². The van der Waals surface area contributed by atoms with Crippen LogP contribution < -0.4 is 10.1 Å². The van der Waals surface area contributed by atoms with Crippen LogP contribution in [-0.2, 0) is 5.41 Å². The normalized spacial score (nSPS) is 21.6. The van der Waals surface area contributed by atoms with Gasteiger partial charge in [-0.15, -0.1) is 23.2 Å². The van der Waals surface area contributed by atoms with Crippen molar-refractivity contribution < 1.29 is 9.53 Å². The SMILES string of the molecule is COc1ccc(C(=O)Nc2ccc(C3(C)CC3(Cl)Cl)cc2)cc1. The van der Waals surface area contributed by atoms with Crippen LogP contribution in [0.3, 0.4) is 0 Å². The van der Waals surface area contributed by atoms with Gasteiger partial charge in [0.05, 0.1) is 7.11 Å². The summed E-state index contributed by atoms with van der Waals surface area (Å²) < 4.78 is 4.39. The first-order chi connectivity index (χ1) is 10.9. The van der Waals surface area contributed by atoms with Crippen molar-refractivity contribution in [1.29, 1.82) is 0 Å². The van der Waals surface area contributed by atoms with E-state index in [1.54, 1.807) is 31.4 Å². The molecule has 1 fully saturated rings. The van der Waals surface area contributed by atoms with Crippen molar-refractivity contribution >= 4 is 34.8 Å². The molecule has 0 saturated heterocycles. The first-order valence-corrected chi connectivity index (χ1v) is 8.05. The molecular weight excluding hydrogens is 333 g/mol. The molecule has 2 aromatic carbocycles. The van der Waals surface area contributed by atoms with Crippen LogP contribution in [0.15, 0.2) is 48.5 Å². The van der Waals surface area contributed by atoms with E-state index in [1.807, 2.05) is 31.2 Å². The molecular formula is C18H17Cl2NO2. The summed E-state index contributed by atoms with van der Waals surface area (Å²) in [7, 11) is 1.59. The molecule has 2 aromatic rings. The Labute approximate surface area is 145 Å². The summed E-state index contributed by atoms with van der Waals surface area (Å²) in [4.78, 5) is 12.2. The Balaban J connectivity index is 1.69. The van der Waals surface area contributed by atoms with Crippen molar-refractivity contribution in [2.24, 2.45) is 0 Å². The second kappa shape index (κ2) is 5.73. The Hall–Kier alpha value is -1.71. The zero-order chi connectivity index (χ0) is 16.7. The van der Waals surface area contributed by atoms with E-state index in [0.29, 0.717) is 11.3 Å². The van der Waals surface area contributed by atoms with Crippen LogP contribution in [-0.4, -0.2) is 17.4 Å². The predicted molar refractivity (Wildman–Crippen MR) is 93.8 cm³/mol. The number of rotatable bonds is 4. The van der Waals surface area contributed by atoms with E-state index >= 15 is 0 Å². The molecule has 120 valence electrons. The zero-order valence-electron chi connectivity index (χ0n) is 12.9. The third-order valence-corrected chi connectivity index (χ3v) is 5.49. The Kier molecular flexibility index (Phi) is 4.03. The number of amides is 1. The highest BCUT2D eigenvalue weighted by Crippen LogP contribution is 2.64. The van der Waals surface area contributed by atoms with E-state index < -0.39 is 4.33 Å². The van der Waals surface area contributed by atoms with Crippen LogP contribution in [0.2, 0.25) is 0 Å². The van der Waals surface area contributed by atoms with E-state index in [4.69, 9.17) is 27.9 Å². The number of halogens is 2. The lowest BCUT2D eigenvalue weighted by Crippen LogP contribution is -2.13. The topological polar surface area (TPSA) is 38.3 Å². The van der Waals surface area contributed by atoms with Gasteiger partial charge in [0.1, 0.15) is 10.1 Å². The highest BCUT2D eigenvalue weighted by Gasteiger charge is 2.63. The zero-order valence-corrected chi connectivity index (χ0v) is 14.4. The average Bonchev–Trinajstić information content (AvgIpc) is 3.07. The summed E-state index contributed by atoms with van der Waals surface area (Å²) in [6, 6.07) is 14.6. The number of methoxy groups -OCH3 is 1. The fraction of sp³-hybridized carbons (Fsp3) is 0.278. The number of hydrogen-bond acceptors (Lipinski definition) is 2. The molecule has 23 heavy (non-hydrogen) atoms. The molecule has 1 N–H and O–H groups in total. The molecule has 1 aliphatic carbocycles. The maximum absolute atomic E-state index is 12.2. The van der Waals surface area contributed by atoms with Gasteiger partial charge in [-0.1, -0.05) is 19.1 Å². The molecule has 0 heterocycles. The molecule has 3 nitrogen and oxygen atoms in total. The van der Waals surface area contributed by atoms with Crippen LogP contribution in [0, 0.1) is 0 Å². The van der Waals surface area contributed by atoms with Gasteiger partial charge in [-0.2, -0.15) is 0 Å². The van der Waals surface area contributed by atoms with Crippen LogP contribution >= 0.6 is 23.2 Å². The summed E-state index contributed by atoms with van der Waals surface area (Å²) in [5.41, 5.74) is 2.16. The van der Waals surface area contributed by atoms with Gasteiger partial charge in [0.15, 0.2) is 0 Å². The summed E-state index contributed by atoms with van der Waals surface area (Å²) >= 11 is 12.4. The molecule has 0 aromatic heterocycles. The minimum atomic E-state index is -0.694. The van der Waals surface area contributed by atoms with Crippen molar-refractivity contribution in [3.05, 3.63) is 59.7 Å². The number of hydrogen-bond donors (Lipinski definition) is 1. The first-order valence-electron chi connectivity index (χ1n) is 7.29. The van der Waals surface area contributed by atoms with Gasteiger partial charge in [-0.25, -0.2) is 0 Å². The Morgan fingerprint density at radius 3 is 2.13 bits per heavy atom. The molecule has 1 aliphatic rings. The number of nitrogens with one attached hydrogen (secondary N) is 1. The number of carbonyl (C=O) groups excluding carboxylic acids is 1. The largest absolute Gasteiger partial charge is 0.497 e. The van der Waals surface area contributed by atoms with E-state index in [9.17, 15) is 4.79 Å². The minimum Gasteiger partial charge on any atom is -0.497 e. The third kappa shape index (κ3) is 3.04. The summed E-state index contributed by atoms with van der Waals surface area (Å²) in [5, 5.41) is 2.87. The fourth-order valence-electron chi connectivity index (χ4n) is 2.58. The first kappa shape index (κ1) is 16.2. The van der Waals surface area contributed by atoms with Crippen molar-refractivity contribution in [3.8, 4) is 5.75 Å². The van der Waals surface area contributed by atoms with Crippen molar-refractivity contribution in [2.75, 3.05) is 12.4 Å². The van der Waals surface area contributed by atoms with Crippen LogP contribution in [0.25, 0.3) is 0 Å². The molecule has 1 amide bonds. The van der Waals surface area contributed by atoms with Gasteiger partial charge in [0.25, 0.3) is 5.91 Å². The highest BCUT2D eigenvalue weighted by atomic mass is 35.5. The highest BCUT2D eigenvalue weighted by molar-refractivity contribution is 6.52. The lowest BCUT2D eigenvalue weighted by atomic mass is 9.98. The van der Waals surface area contributed by atoms with Gasteiger partial charge >= 0.3 is 0 Å². The van der Waals surface area contributed by atoms with Crippen LogP contribution in [0.1, 0.15) is 29.3 Å². The van der Waals surface area contributed by atoms with Gasteiger partial charge in [0, 0.05) is 16.7 Å². The minimum absolute atomic E-state index is 0.165. The van der Waals surface area contributed by atoms with Crippen LogP contribution in [0.5, 0.6) is 5.75 Å². The summed E-state index contributed by atoms with van der Waals surface area (Å²) in [6.45, 7) is 2.04. The lowest BCUT2D eigenvalue weighted by Gasteiger charge is -2.13. The smallest absolute Gasteiger partial charge is 0.255 e. The van der Waals surface area contributed by atoms with Crippen molar-refractivity contribution in [3.63, 3.8) is 0 Å². The summed E-state index contributed by atoms with van der Waals surface area (Å²) in [6.07, 6.45) is 0.737. The van der Waals surface area contributed by atoms with Crippen molar-refractivity contribution in [2.45, 2.75) is 23.1 Å². The second-order valence-electron chi connectivity index (χ2n) is 5.97. The Morgan fingerprint density at radius 2 is 1.65 bits per heavy atom.